The highest BCUT2D eigenvalue weighted by molar-refractivity contribution is 5.88. The molecule has 1 fully saturated rings. The SMILES string of the molecule is CCOc1ccc2ccccc2c1[C@H](N)C1CCCCC1.Cl. The van der Waals surface area contributed by atoms with Crippen LogP contribution in [0.4, 0.5) is 0 Å². The first-order chi connectivity index (χ1) is 10.3. The summed E-state index contributed by atoms with van der Waals surface area (Å²) in [7, 11) is 0. The van der Waals surface area contributed by atoms with E-state index in [1.807, 2.05) is 6.92 Å². The molecule has 1 atom stereocenters. The first kappa shape index (κ1) is 17.1. The van der Waals surface area contributed by atoms with Gasteiger partial charge in [0.1, 0.15) is 5.75 Å². The van der Waals surface area contributed by atoms with E-state index in [1.54, 1.807) is 0 Å². The molecule has 2 aromatic carbocycles. The van der Waals surface area contributed by atoms with Gasteiger partial charge in [0, 0.05) is 11.6 Å². The van der Waals surface area contributed by atoms with Crippen molar-refractivity contribution >= 4 is 23.2 Å². The second-order valence-corrected chi connectivity index (χ2v) is 6.06. The molecule has 2 nitrogen and oxygen atoms in total. The van der Waals surface area contributed by atoms with E-state index in [0.29, 0.717) is 12.5 Å². The van der Waals surface area contributed by atoms with E-state index in [4.69, 9.17) is 10.5 Å². The normalized spacial score (nSPS) is 17.0. The number of nitrogens with two attached hydrogens (primary N) is 1. The van der Waals surface area contributed by atoms with Crippen LogP contribution in [0.2, 0.25) is 0 Å². The van der Waals surface area contributed by atoms with Gasteiger partial charge in [-0.3, -0.25) is 0 Å². The van der Waals surface area contributed by atoms with E-state index < -0.39 is 0 Å². The summed E-state index contributed by atoms with van der Waals surface area (Å²) in [6, 6.07) is 12.8. The summed E-state index contributed by atoms with van der Waals surface area (Å²) in [5.74, 6) is 1.55. The van der Waals surface area contributed by atoms with Gasteiger partial charge in [0.2, 0.25) is 0 Å². The molecule has 0 bridgehead atoms. The minimum Gasteiger partial charge on any atom is -0.494 e. The Bertz CT molecular complexity index is 607. The van der Waals surface area contributed by atoms with Crippen LogP contribution in [0.5, 0.6) is 5.75 Å². The van der Waals surface area contributed by atoms with Crippen molar-refractivity contribution in [3.05, 3.63) is 42.0 Å². The van der Waals surface area contributed by atoms with Gasteiger partial charge in [-0.2, -0.15) is 0 Å². The maximum atomic E-state index is 6.69. The van der Waals surface area contributed by atoms with Crippen molar-refractivity contribution in [2.45, 2.75) is 45.1 Å². The maximum absolute atomic E-state index is 6.69. The lowest BCUT2D eigenvalue weighted by molar-refractivity contribution is 0.293. The van der Waals surface area contributed by atoms with E-state index in [9.17, 15) is 0 Å². The molecule has 0 radical (unpaired) electrons. The van der Waals surface area contributed by atoms with E-state index in [-0.39, 0.29) is 18.4 Å². The standard InChI is InChI=1S/C19H25NO.ClH/c1-2-21-17-13-12-14-8-6-7-11-16(14)18(17)19(20)15-9-4-3-5-10-15;/h6-8,11-13,15,19H,2-5,9-10,20H2,1H3;1H/t19-;/m1./s1. The first-order valence-corrected chi connectivity index (χ1v) is 8.21. The molecule has 3 heteroatoms. The Hall–Kier alpha value is -1.25. The summed E-state index contributed by atoms with van der Waals surface area (Å²) in [5, 5.41) is 2.50. The van der Waals surface area contributed by atoms with Crippen LogP contribution in [-0.2, 0) is 0 Å². The van der Waals surface area contributed by atoms with Crippen LogP contribution in [0.3, 0.4) is 0 Å². The Morgan fingerprint density at radius 1 is 1.09 bits per heavy atom. The van der Waals surface area contributed by atoms with Gasteiger partial charge in [-0.05, 0) is 42.5 Å². The highest BCUT2D eigenvalue weighted by Gasteiger charge is 2.25. The topological polar surface area (TPSA) is 35.2 Å². The Morgan fingerprint density at radius 3 is 2.55 bits per heavy atom. The summed E-state index contributed by atoms with van der Waals surface area (Å²) < 4.78 is 5.88. The zero-order chi connectivity index (χ0) is 14.7. The van der Waals surface area contributed by atoms with Crippen LogP contribution in [0.25, 0.3) is 10.8 Å². The average Bonchev–Trinajstić information content (AvgIpc) is 2.55. The van der Waals surface area contributed by atoms with Gasteiger partial charge in [0.05, 0.1) is 6.61 Å². The number of hydrogen-bond acceptors (Lipinski definition) is 2. The fraction of sp³-hybridized carbons (Fsp3) is 0.474. The number of benzene rings is 2. The highest BCUT2D eigenvalue weighted by atomic mass is 35.5. The summed E-state index contributed by atoms with van der Waals surface area (Å²) in [6.45, 7) is 2.72. The van der Waals surface area contributed by atoms with Crippen LogP contribution in [0.1, 0.15) is 50.6 Å². The average molecular weight is 320 g/mol. The molecular formula is C19H26ClNO. The van der Waals surface area contributed by atoms with Crippen molar-refractivity contribution in [3.8, 4) is 5.75 Å². The summed E-state index contributed by atoms with van der Waals surface area (Å²) in [4.78, 5) is 0. The number of ether oxygens (including phenoxy) is 1. The molecule has 1 aliphatic carbocycles. The second-order valence-electron chi connectivity index (χ2n) is 6.06. The third-order valence-corrected chi connectivity index (χ3v) is 4.72. The fourth-order valence-electron chi connectivity index (χ4n) is 3.63. The molecule has 0 aliphatic heterocycles. The van der Waals surface area contributed by atoms with Gasteiger partial charge in [-0.1, -0.05) is 49.6 Å². The molecule has 0 unspecified atom stereocenters. The van der Waals surface area contributed by atoms with Crippen molar-refractivity contribution in [1.29, 1.82) is 0 Å². The van der Waals surface area contributed by atoms with Crippen LogP contribution < -0.4 is 10.5 Å². The molecule has 1 aliphatic rings. The minimum absolute atomic E-state index is 0. The van der Waals surface area contributed by atoms with E-state index in [1.165, 1.54) is 48.4 Å². The van der Waals surface area contributed by atoms with Crippen molar-refractivity contribution in [2.24, 2.45) is 11.7 Å². The molecule has 0 aromatic heterocycles. The largest absolute Gasteiger partial charge is 0.494 e. The van der Waals surface area contributed by atoms with E-state index in [0.717, 1.165) is 5.75 Å². The van der Waals surface area contributed by atoms with E-state index >= 15 is 0 Å². The summed E-state index contributed by atoms with van der Waals surface area (Å²) in [6.07, 6.45) is 6.48. The number of halogens is 1. The predicted molar refractivity (Wildman–Crippen MR) is 95.9 cm³/mol. The maximum Gasteiger partial charge on any atom is 0.124 e. The smallest absolute Gasteiger partial charge is 0.124 e. The fourth-order valence-corrected chi connectivity index (χ4v) is 3.63. The second kappa shape index (κ2) is 7.85. The minimum atomic E-state index is 0. The van der Waals surface area contributed by atoms with Gasteiger partial charge in [-0.25, -0.2) is 0 Å². The molecular weight excluding hydrogens is 294 g/mol. The van der Waals surface area contributed by atoms with Crippen LogP contribution in [0, 0.1) is 5.92 Å². The van der Waals surface area contributed by atoms with Gasteiger partial charge in [0.25, 0.3) is 0 Å². The lowest BCUT2D eigenvalue weighted by atomic mass is 9.80. The lowest BCUT2D eigenvalue weighted by Gasteiger charge is -2.29. The third kappa shape index (κ3) is 3.39. The van der Waals surface area contributed by atoms with Gasteiger partial charge in [0.15, 0.2) is 0 Å². The molecule has 0 spiro atoms. The Morgan fingerprint density at radius 2 is 1.82 bits per heavy atom. The molecule has 1 saturated carbocycles. The quantitative estimate of drug-likeness (QED) is 0.836. The monoisotopic (exact) mass is 319 g/mol. The van der Waals surface area contributed by atoms with Crippen molar-refractivity contribution in [2.75, 3.05) is 6.61 Å². The Labute approximate surface area is 139 Å². The number of fused-ring (bicyclic) bond motifs is 1. The molecule has 0 amide bonds. The summed E-state index contributed by atoms with van der Waals surface area (Å²) in [5.41, 5.74) is 7.90. The molecule has 22 heavy (non-hydrogen) atoms. The molecule has 2 N–H and O–H groups in total. The molecule has 120 valence electrons. The van der Waals surface area contributed by atoms with E-state index in [2.05, 4.69) is 36.4 Å². The zero-order valence-corrected chi connectivity index (χ0v) is 14.1. The van der Waals surface area contributed by atoms with Crippen molar-refractivity contribution in [1.82, 2.24) is 0 Å². The third-order valence-electron chi connectivity index (χ3n) is 4.72. The zero-order valence-electron chi connectivity index (χ0n) is 13.3. The van der Waals surface area contributed by atoms with Crippen LogP contribution in [-0.4, -0.2) is 6.61 Å². The molecule has 2 aromatic rings. The first-order valence-electron chi connectivity index (χ1n) is 8.21. The highest BCUT2D eigenvalue weighted by Crippen LogP contribution is 2.40. The predicted octanol–water partition coefficient (Wildman–Crippen LogP) is 5.24. The van der Waals surface area contributed by atoms with Crippen LogP contribution in [0.15, 0.2) is 36.4 Å². The number of rotatable bonds is 4. The Balaban J connectivity index is 0.00000176. The molecule has 0 heterocycles. The van der Waals surface area contributed by atoms with Gasteiger partial charge in [-0.15, -0.1) is 12.4 Å². The summed E-state index contributed by atoms with van der Waals surface area (Å²) >= 11 is 0. The Kier molecular flexibility index (Phi) is 6.10. The van der Waals surface area contributed by atoms with Gasteiger partial charge < -0.3 is 10.5 Å². The van der Waals surface area contributed by atoms with Gasteiger partial charge >= 0.3 is 0 Å². The lowest BCUT2D eigenvalue weighted by Crippen LogP contribution is -2.24. The molecule has 0 saturated heterocycles. The van der Waals surface area contributed by atoms with Crippen molar-refractivity contribution in [3.63, 3.8) is 0 Å². The number of hydrogen-bond donors (Lipinski definition) is 1. The van der Waals surface area contributed by atoms with Crippen LogP contribution >= 0.6 is 12.4 Å². The van der Waals surface area contributed by atoms with Crippen molar-refractivity contribution < 1.29 is 4.74 Å². The molecule has 3 rings (SSSR count).